The van der Waals surface area contributed by atoms with E-state index in [-0.39, 0.29) is 6.42 Å². The van der Waals surface area contributed by atoms with Gasteiger partial charge in [0.15, 0.2) is 6.29 Å². The van der Waals surface area contributed by atoms with E-state index in [0.717, 1.165) is 6.42 Å². The van der Waals surface area contributed by atoms with Crippen LogP contribution in [0.3, 0.4) is 0 Å². The monoisotopic (exact) mass is 178 g/mol. The van der Waals surface area contributed by atoms with Crippen LogP contribution in [0.15, 0.2) is 0 Å². The van der Waals surface area contributed by atoms with E-state index in [1.165, 1.54) is 0 Å². The SMILES string of the molecule is CCC(=O)O.CCCOC(C)O. The Morgan fingerprint density at radius 1 is 1.50 bits per heavy atom. The number of hydrogen-bond donors (Lipinski definition) is 2. The third-order valence-corrected chi connectivity index (χ3v) is 0.866. The molecule has 1 unspecified atom stereocenters. The molecule has 1 atom stereocenters. The minimum absolute atomic E-state index is 0.222. The Labute approximate surface area is 73.2 Å². The van der Waals surface area contributed by atoms with Crippen LogP contribution in [0.25, 0.3) is 0 Å². The van der Waals surface area contributed by atoms with Crippen LogP contribution in [0.2, 0.25) is 0 Å². The van der Waals surface area contributed by atoms with E-state index in [9.17, 15) is 4.79 Å². The second-order valence-corrected chi connectivity index (χ2v) is 2.22. The van der Waals surface area contributed by atoms with E-state index in [1.807, 2.05) is 6.92 Å². The fourth-order valence-electron chi connectivity index (χ4n) is 0.288. The third-order valence-electron chi connectivity index (χ3n) is 0.866. The third kappa shape index (κ3) is 22.8. The molecule has 0 aromatic rings. The summed E-state index contributed by atoms with van der Waals surface area (Å²) in [7, 11) is 0. The molecule has 4 nitrogen and oxygen atoms in total. The smallest absolute Gasteiger partial charge is 0.303 e. The highest BCUT2D eigenvalue weighted by atomic mass is 16.6. The van der Waals surface area contributed by atoms with Gasteiger partial charge in [-0.05, 0) is 13.3 Å². The molecular weight excluding hydrogens is 160 g/mol. The van der Waals surface area contributed by atoms with Crippen LogP contribution in [0.5, 0.6) is 0 Å². The summed E-state index contributed by atoms with van der Waals surface area (Å²) in [6.45, 7) is 5.86. The highest BCUT2D eigenvalue weighted by Crippen LogP contribution is 1.84. The van der Waals surface area contributed by atoms with Crippen molar-refractivity contribution in [3.63, 3.8) is 0 Å². The lowest BCUT2D eigenvalue weighted by atomic mass is 10.5. The molecule has 74 valence electrons. The lowest BCUT2D eigenvalue weighted by Crippen LogP contribution is -2.05. The summed E-state index contributed by atoms with van der Waals surface area (Å²) in [6.07, 6.45) is 0.588. The molecule has 0 aliphatic carbocycles. The van der Waals surface area contributed by atoms with Gasteiger partial charge in [0.1, 0.15) is 0 Å². The quantitative estimate of drug-likeness (QED) is 0.635. The number of aliphatic carboxylic acids is 1. The lowest BCUT2D eigenvalue weighted by molar-refractivity contribution is -0.136. The predicted molar refractivity (Wildman–Crippen MR) is 45.9 cm³/mol. The Hall–Kier alpha value is -0.610. The molecule has 0 fully saturated rings. The minimum Gasteiger partial charge on any atom is -0.481 e. The normalized spacial score (nSPS) is 11.3. The molecule has 0 aromatic heterocycles. The molecule has 12 heavy (non-hydrogen) atoms. The number of hydrogen-bond acceptors (Lipinski definition) is 3. The van der Waals surface area contributed by atoms with Gasteiger partial charge in [-0.3, -0.25) is 4.79 Å². The number of carboxylic acid groups (broad SMARTS) is 1. The van der Waals surface area contributed by atoms with Crippen molar-refractivity contribution in [2.75, 3.05) is 6.61 Å². The van der Waals surface area contributed by atoms with Gasteiger partial charge in [0.25, 0.3) is 0 Å². The van der Waals surface area contributed by atoms with Gasteiger partial charge in [-0.15, -0.1) is 0 Å². The van der Waals surface area contributed by atoms with Gasteiger partial charge in [0.05, 0.1) is 0 Å². The van der Waals surface area contributed by atoms with Gasteiger partial charge in [-0.25, -0.2) is 0 Å². The van der Waals surface area contributed by atoms with E-state index in [4.69, 9.17) is 14.9 Å². The second-order valence-electron chi connectivity index (χ2n) is 2.22. The van der Waals surface area contributed by atoms with Crippen molar-refractivity contribution >= 4 is 5.97 Å². The zero-order valence-electron chi connectivity index (χ0n) is 7.91. The Morgan fingerprint density at radius 3 is 2.00 bits per heavy atom. The average molecular weight is 178 g/mol. The Bertz CT molecular complexity index is 101. The zero-order valence-corrected chi connectivity index (χ0v) is 7.91. The van der Waals surface area contributed by atoms with Gasteiger partial charge in [0.2, 0.25) is 0 Å². The number of aliphatic hydroxyl groups excluding tert-OH is 1. The van der Waals surface area contributed by atoms with Gasteiger partial charge in [-0.2, -0.15) is 0 Å². The summed E-state index contributed by atoms with van der Waals surface area (Å²) >= 11 is 0. The highest BCUT2D eigenvalue weighted by Gasteiger charge is 1.88. The van der Waals surface area contributed by atoms with Gasteiger partial charge >= 0.3 is 5.97 Å². The first-order valence-electron chi connectivity index (χ1n) is 4.06. The molecule has 4 heteroatoms. The van der Waals surface area contributed by atoms with Crippen molar-refractivity contribution in [3.8, 4) is 0 Å². The Balaban J connectivity index is 0. The molecule has 0 spiro atoms. The fourth-order valence-corrected chi connectivity index (χ4v) is 0.288. The fraction of sp³-hybridized carbons (Fsp3) is 0.875. The summed E-state index contributed by atoms with van der Waals surface area (Å²) < 4.78 is 4.75. The highest BCUT2D eigenvalue weighted by molar-refractivity contribution is 5.66. The average Bonchev–Trinajstić information content (AvgIpc) is 2.02. The topological polar surface area (TPSA) is 66.8 Å². The number of carbonyl (C=O) groups is 1. The molecule has 0 saturated carbocycles. The van der Waals surface area contributed by atoms with Gasteiger partial charge in [0, 0.05) is 13.0 Å². The summed E-state index contributed by atoms with van der Waals surface area (Å²) in [5.41, 5.74) is 0. The number of ether oxygens (including phenoxy) is 1. The molecule has 0 rings (SSSR count). The summed E-state index contributed by atoms with van der Waals surface area (Å²) in [5, 5.41) is 16.2. The summed E-state index contributed by atoms with van der Waals surface area (Å²) in [6, 6.07) is 0. The molecule has 0 saturated heterocycles. The van der Waals surface area contributed by atoms with Crippen LogP contribution >= 0.6 is 0 Å². The predicted octanol–water partition coefficient (Wildman–Crippen LogP) is 1.23. The maximum absolute atomic E-state index is 9.37. The molecule has 2 N–H and O–H groups in total. The molecule has 0 aliphatic heterocycles. The van der Waals surface area contributed by atoms with E-state index in [0.29, 0.717) is 6.61 Å². The lowest BCUT2D eigenvalue weighted by Gasteiger charge is -2.02. The van der Waals surface area contributed by atoms with Crippen molar-refractivity contribution in [1.29, 1.82) is 0 Å². The first kappa shape index (κ1) is 13.9. The van der Waals surface area contributed by atoms with Crippen LogP contribution < -0.4 is 0 Å². The zero-order chi connectivity index (χ0) is 9.98. The summed E-state index contributed by atoms with van der Waals surface area (Å²) in [4.78, 5) is 9.37. The van der Waals surface area contributed by atoms with E-state index < -0.39 is 12.3 Å². The van der Waals surface area contributed by atoms with Crippen LogP contribution in [0, 0.1) is 0 Å². The van der Waals surface area contributed by atoms with Crippen molar-refractivity contribution in [3.05, 3.63) is 0 Å². The van der Waals surface area contributed by atoms with E-state index in [2.05, 4.69) is 0 Å². The van der Waals surface area contributed by atoms with Crippen LogP contribution in [0.1, 0.15) is 33.6 Å². The largest absolute Gasteiger partial charge is 0.481 e. The maximum atomic E-state index is 9.37. The van der Waals surface area contributed by atoms with Crippen molar-refractivity contribution in [2.45, 2.75) is 39.9 Å². The first-order valence-corrected chi connectivity index (χ1v) is 4.06. The molecule has 0 aliphatic rings. The minimum atomic E-state index is -0.745. The first-order chi connectivity index (χ1) is 5.54. The molecule has 0 aromatic carbocycles. The standard InChI is InChI=1S/C5H12O2.C3H6O2/c1-3-4-7-5(2)6;1-2-3(4)5/h5-6H,3-4H2,1-2H3;2H2,1H3,(H,4,5). The number of rotatable bonds is 4. The number of carboxylic acids is 1. The van der Waals surface area contributed by atoms with Crippen LogP contribution in [-0.4, -0.2) is 29.1 Å². The van der Waals surface area contributed by atoms with Gasteiger partial charge in [-0.1, -0.05) is 13.8 Å². The van der Waals surface area contributed by atoms with E-state index >= 15 is 0 Å². The Morgan fingerprint density at radius 2 is 1.92 bits per heavy atom. The summed E-state index contributed by atoms with van der Waals surface area (Å²) in [5.74, 6) is -0.745. The van der Waals surface area contributed by atoms with Crippen molar-refractivity contribution < 1.29 is 19.7 Å². The van der Waals surface area contributed by atoms with E-state index in [1.54, 1.807) is 13.8 Å². The molecule has 0 bridgehead atoms. The second kappa shape index (κ2) is 10.4. The van der Waals surface area contributed by atoms with Crippen molar-refractivity contribution in [1.82, 2.24) is 0 Å². The van der Waals surface area contributed by atoms with Crippen molar-refractivity contribution in [2.24, 2.45) is 0 Å². The Kier molecular flexibility index (Phi) is 12.1. The molecule has 0 amide bonds. The molecule has 0 heterocycles. The van der Waals surface area contributed by atoms with Gasteiger partial charge < -0.3 is 14.9 Å². The maximum Gasteiger partial charge on any atom is 0.303 e. The number of aliphatic hydroxyl groups is 1. The molecular formula is C8H18O4. The van der Waals surface area contributed by atoms with Crippen LogP contribution in [-0.2, 0) is 9.53 Å². The molecule has 0 radical (unpaired) electrons. The van der Waals surface area contributed by atoms with Crippen LogP contribution in [0.4, 0.5) is 0 Å².